The van der Waals surface area contributed by atoms with Gasteiger partial charge in [0.05, 0.1) is 74.1 Å². The van der Waals surface area contributed by atoms with E-state index < -0.39 is 0 Å². The van der Waals surface area contributed by atoms with Crippen LogP contribution in [0.15, 0.2) is 338 Å². The van der Waals surface area contributed by atoms with Crippen LogP contribution in [0.1, 0.15) is 33.4 Å². The summed E-state index contributed by atoms with van der Waals surface area (Å²) in [6, 6.07) is 66.7. The Labute approximate surface area is 475 Å². The first-order chi connectivity index (χ1) is 40.6. The number of hydrogen-bond acceptors (Lipinski definition) is 7. The molecule has 9 heterocycles. The van der Waals surface area contributed by atoms with Gasteiger partial charge in [-0.1, -0.05) is 194 Å². The summed E-state index contributed by atoms with van der Waals surface area (Å²) in [6.07, 6.45) is 29.8. The topological polar surface area (TPSA) is 102 Å². The van der Waals surface area contributed by atoms with Gasteiger partial charge in [0.2, 0.25) is 0 Å². The van der Waals surface area contributed by atoms with Crippen LogP contribution in [0, 0.1) is 0 Å². The van der Waals surface area contributed by atoms with Crippen molar-refractivity contribution >= 4 is 73.4 Å². The van der Waals surface area contributed by atoms with Gasteiger partial charge in [-0.25, -0.2) is 20.0 Å². The molecule has 1 aromatic heterocycles. The molecular formula is C74H50N8. The lowest BCUT2D eigenvalue weighted by Gasteiger charge is -2.18. The maximum Gasteiger partial charge on any atom is 0.111 e. The van der Waals surface area contributed by atoms with Gasteiger partial charge in [0, 0.05) is 44.5 Å². The minimum Gasteiger partial charge on any atom is -0.374 e. The van der Waals surface area contributed by atoms with Crippen LogP contribution in [0.2, 0.25) is 0 Å². The molecule has 0 radical (unpaired) electrons. The van der Waals surface area contributed by atoms with Crippen molar-refractivity contribution < 1.29 is 0 Å². The third-order valence-electron chi connectivity index (χ3n) is 15.5. The average molecular weight is 1050 g/mol. The van der Waals surface area contributed by atoms with Crippen LogP contribution in [-0.4, -0.2) is 51.3 Å². The van der Waals surface area contributed by atoms with E-state index >= 15 is 0 Å². The monoisotopic (exact) mass is 1050 g/mol. The van der Waals surface area contributed by atoms with Crippen LogP contribution >= 0.6 is 0 Å². The van der Waals surface area contributed by atoms with Gasteiger partial charge in [-0.05, 0) is 118 Å². The average Bonchev–Trinajstić information content (AvgIpc) is 4.51. The quantitative estimate of drug-likeness (QED) is 0.170. The molecule has 8 nitrogen and oxygen atoms in total. The lowest BCUT2D eigenvalue weighted by molar-refractivity contribution is 0.857. The highest BCUT2D eigenvalue weighted by Crippen LogP contribution is 2.38. The SMILES string of the molecule is C1=C/C2=C(\c3ccccc3)C3=NC(=c4cc/c([nH]4)=C(\c4ccccc4)C4C=CC(=C(c5ccccc5)C5=NC(=C(c6ccccc6)C6=NC(C=C6)C6=N/C(=C(/c7ccccc7)C7=NC(=C(c8ccccc8)C1=N2)C=C7)C=C6)C=C5)N4)C=C3. The molecule has 0 saturated carbocycles. The lowest BCUT2D eigenvalue weighted by atomic mass is 9.98. The van der Waals surface area contributed by atoms with Crippen molar-refractivity contribution in [2.75, 3.05) is 0 Å². The van der Waals surface area contributed by atoms with Gasteiger partial charge in [0.1, 0.15) is 6.04 Å². The summed E-state index contributed by atoms with van der Waals surface area (Å²) < 4.78 is 0. The summed E-state index contributed by atoms with van der Waals surface area (Å²) in [6.45, 7) is 0. The second kappa shape index (κ2) is 20.7. The molecule has 0 fully saturated rings. The van der Waals surface area contributed by atoms with Crippen LogP contribution in [0.3, 0.4) is 0 Å². The zero-order chi connectivity index (χ0) is 54.3. The molecule has 0 spiro atoms. The Balaban J connectivity index is 0.957. The summed E-state index contributed by atoms with van der Waals surface area (Å²) in [7, 11) is 0. The van der Waals surface area contributed by atoms with Gasteiger partial charge in [0.15, 0.2) is 0 Å². The molecule has 0 saturated heterocycles. The van der Waals surface area contributed by atoms with E-state index in [2.05, 4.69) is 265 Å². The Morgan fingerprint density at radius 3 is 1.15 bits per heavy atom. The van der Waals surface area contributed by atoms with E-state index in [9.17, 15) is 0 Å². The van der Waals surface area contributed by atoms with E-state index in [4.69, 9.17) is 30.0 Å². The van der Waals surface area contributed by atoms with Crippen molar-refractivity contribution in [3.8, 4) is 0 Å². The molecule has 2 N–H and O–H groups in total. The number of fused-ring (bicyclic) bond motifs is 11. The maximum absolute atomic E-state index is 5.51. The van der Waals surface area contributed by atoms with E-state index in [0.29, 0.717) is 0 Å². The molecule has 2 unspecified atom stereocenters. The highest BCUT2D eigenvalue weighted by molar-refractivity contribution is 6.39. The highest BCUT2D eigenvalue weighted by Gasteiger charge is 2.30. The second-order valence-corrected chi connectivity index (χ2v) is 20.6. The van der Waals surface area contributed by atoms with Crippen LogP contribution < -0.4 is 16.0 Å². The molecule has 16 bridgehead atoms. The fourth-order valence-corrected chi connectivity index (χ4v) is 11.8. The number of nitrogens with zero attached hydrogens (tertiary/aromatic N) is 6. The van der Waals surface area contributed by atoms with Crippen molar-refractivity contribution in [3.05, 3.63) is 352 Å². The van der Waals surface area contributed by atoms with Gasteiger partial charge in [-0.3, -0.25) is 9.98 Å². The smallest absolute Gasteiger partial charge is 0.111 e. The lowest BCUT2D eigenvalue weighted by Crippen LogP contribution is -2.29. The first-order valence-corrected chi connectivity index (χ1v) is 27.7. The van der Waals surface area contributed by atoms with Gasteiger partial charge in [-0.2, -0.15) is 0 Å². The van der Waals surface area contributed by atoms with Gasteiger partial charge in [-0.15, -0.1) is 0 Å². The summed E-state index contributed by atoms with van der Waals surface area (Å²) in [5, 5.41) is 5.87. The molecule has 8 aliphatic rings. The Morgan fingerprint density at radius 2 is 0.659 bits per heavy atom. The van der Waals surface area contributed by atoms with E-state index in [1.165, 1.54) is 0 Å². The number of H-pyrrole nitrogens is 1. The van der Waals surface area contributed by atoms with Crippen molar-refractivity contribution in [3.63, 3.8) is 0 Å². The summed E-state index contributed by atoms with van der Waals surface area (Å²) in [5.74, 6) is 0. The Morgan fingerprint density at radius 1 is 0.280 bits per heavy atom. The molecule has 7 aromatic rings. The largest absolute Gasteiger partial charge is 0.374 e. The van der Waals surface area contributed by atoms with Crippen LogP contribution in [0.4, 0.5) is 0 Å². The fourth-order valence-electron chi connectivity index (χ4n) is 11.8. The summed E-state index contributed by atoms with van der Waals surface area (Å²) >= 11 is 0. The number of nitrogens with one attached hydrogen (secondary N) is 2. The minimum absolute atomic E-state index is 0.183. The molecular weight excluding hydrogens is 1000 g/mol. The number of aliphatic imine (C=N–C) groups is 6. The van der Waals surface area contributed by atoms with Crippen molar-refractivity contribution in [1.29, 1.82) is 0 Å². The second-order valence-electron chi connectivity index (χ2n) is 20.6. The molecule has 386 valence electrons. The number of aromatic nitrogens is 1. The van der Waals surface area contributed by atoms with E-state index in [-0.39, 0.29) is 12.1 Å². The van der Waals surface area contributed by atoms with Crippen LogP contribution in [0.5, 0.6) is 0 Å². The van der Waals surface area contributed by atoms with Crippen LogP contribution in [-0.2, 0) is 0 Å². The predicted molar refractivity (Wildman–Crippen MR) is 339 cm³/mol. The zero-order valence-corrected chi connectivity index (χ0v) is 44.4. The first kappa shape index (κ1) is 48.2. The molecule has 2 atom stereocenters. The molecule has 0 aliphatic carbocycles. The molecule has 8 heteroatoms. The standard InChI is InChI=1S/C74H50N8/c1-7-19-47(20-8-1)69-57-35-31-53(75-57)54-32-36-58(76-54)70(48-21-9-2-10-22-48)63-41-45-67(81-63)74(52-29-17-6-18-30-52)68-46-42-64(82-68)72(50-25-13-4-14-26-50)60-38-34-56(78-60)55-33-37-59(77-55)71(49-23-11-3-12-24-49)62-40-44-66(80-62)73(51-27-15-5-16-28-51)65-43-39-61(69)79-65/h1-46,53,62,77,80H/b56-55?,69-61?,70-58-,71-59-,72-64-,73-66?,74-67?. The van der Waals surface area contributed by atoms with Crippen LogP contribution in [0.25, 0.3) is 39.1 Å². The van der Waals surface area contributed by atoms with E-state index in [1.807, 2.05) is 24.3 Å². The Hall–Kier alpha value is -11.0. The Bertz CT molecular complexity index is 4560. The van der Waals surface area contributed by atoms with Gasteiger partial charge >= 0.3 is 0 Å². The third-order valence-corrected chi connectivity index (χ3v) is 15.5. The van der Waals surface area contributed by atoms with Crippen molar-refractivity contribution in [2.24, 2.45) is 30.0 Å². The Kier molecular flexibility index (Phi) is 12.2. The minimum atomic E-state index is -0.321. The molecule has 0 amide bonds. The molecule has 6 aromatic carbocycles. The number of benzene rings is 6. The van der Waals surface area contributed by atoms with Crippen molar-refractivity contribution in [2.45, 2.75) is 12.1 Å². The predicted octanol–water partition coefficient (Wildman–Crippen LogP) is 13.4. The maximum atomic E-state index is 5.51. The summed E-state index contributed by atoms with van der Waals surface area (Å²) in [4.78, 5) is 36.5. The molecule has 82 heavy (non-hydrogen) atoms. The number of hydrogen-bond donors (Lipinski definition) is 2. The number of allylic oxidation sites excluding steroid dienone is 15. The zero-order valence-electron chi connectivity index (χ0n) is 44.4. The fraction of sp³-hybridized carbons (Fsp3) is 0.0270. The summed E-state index contributed by atoms with van der Waals surface area (Å²) in [5.41, 5.74) is 22.1. The highest BCUT2D eigenvalue weighted by atomic mass is 15.0. The normalized spacial score (nSPS) is 22.0. The van der Waals surface area contributed by atoms with Crippen molar-refractivity contribution in [1.82, 2.24) is 10.3 Å². The number of aromatic amines is 1. The molecule has 8 aliphatic heterocycles. The van der Waals surface area contributed by atoms with Gasteiger partial charge < -0.3 is 10.3 Å². The van der Waals surface area contributed by atoms with Gasteiger partial charge in [0.25, 0.3) is 0 Å². The third kappa shape index (κ3) is 8.94. The number of rotatable bonds is 6. The van der Waals surface area contributed by atoms with E-state index in [1.54, 1.807) is 0 Å². The molecule has 15 rings (SSSR count). The first-order valence-electron chi connectivity index (χ1n) is 27.7. The van der Waals surface area contributed by atoms with E-state index in [0.717, 1.165) is 146 Å².